The molecule has 26 heavy (non-hydrogen) atoms. The Bertz CT molecular complexity index is 746. The van der Waals surface area contributed by atoms with Crippen LogP contribution in [-0.4, -0.2) is 44.1 Å². The molecule has 2 rings (SSSR count). The molecule has 2 aliphatic rings. The Morgan fingerprint density at radius 1 is 1.38 bits per heavy atom. The van der Waals surface area contributed by atoms with E-state index in [1.54, 1.807) is 14.2 Å². The van der Waals surface area contributed by atoms with Crippen LogP contribution in [0.5, 0.6) is 0 Å². The van der Waals surface area contributed by atoms with Crippen molar-refractivity contribution in [1.29, 1.82) is 0 Å². The average molecular weight is 354 g/mol. The smallest absolute Gasteiger partial charge is 0.213 e. The highest BCUT2D eigenvalue weighted by Crippen LogP contribution is 2.27. The summed E-state index contributed by atoms with van der Waals surface area (Å²) in [6, 6.07) is 0.534. The van der Waals surface area contributed by atoms with Crippen molar-refractivity contribution >= 4 is 5.90 Å². The summed E-state index contributed by atoms with van der Waals surface area (Å²) >= 11 is 0. The standard InChI is InChI=1S/C22H30N2O2/c1-15(19-9-8-10-20(25-6)12-11-19)13-17(3)24(5)21-14-16(2)23-22(26-7)18(21)4/h8,10-12,16-17H,1,13-14H2,2-7H3. The van der Waals surface area contributed by atoms with Crippen LogP contribution in [0.4, 0.5) is 0 Å². The van der Waals surface area contributed by atoms with Crippen molar-refractivity contribution in [2.24, 2.45) is 4.99 Å². The topological polar surface area (TPSA) is 34.1 Å². The molecular formula is C22H30N2O2. The molecular weight excluding hydrogens is 324 g/mol. The van der Waals surface area contributed by atoms with Crippen LogP contribution >= 0.6 is 0 Å². The van der Waals surface area contributed by atoms with Crippen LogP contribution < -0.4 is 0 Å². The molecule has 0 saturated carbocycles. The van der Waals surface area contributed by atoms with Gasteiger partial charge in [0.05, 0.1) is 20.3 Å². The average Bonchev–Trinajstić information content (AvgIpc) is 2.88. The van der Waals surface area contributed by atoms with Crippen molar-refractivity contribution in [1.82, 2.24) is 4.90 Å². The van der Waals surface area contributed by atoms with Gasteiger partial charge < -0.3 is 14.4 Å². The maximum absolute atomic E-state index is 5.45. The van der Waals surface area contributed by atoms with Gasteiger partial charge in [0.15, 0.2) is 0 Å². The van der Waals surface area contributed by atoms with Crippen LogP contribution in [0.25, 0.3) is 0 Å². The van der Waals surface area contributed by atoms with Crippen molar-refractivity contribution in [2.45, 2.75) is 45.7 Å². The van der Waals surface area contributed by atoms with Gasteiger partial charge in [-0.1, -0.05) is 6.58 Å². The van der Waals surface area contributed by atoms with Gasteiger partial charge in [0.25, 0.3) is 0 Å². The van der Waals surface area contributed by atoms with E-state index in [1.165, 1.54) is 5.70 Å². The lowest BCUT2D eigenvalue weighted by molar-refractivity contribution is 0.297. The number of hydrogen-bond acceptors (Lipinski definition) is 4. The highest BCUT2D eigenvalue weighted by atomic mass is 16.5. The van der Waals surface area contributed by atoms with Gasteiger partial charge in [-0.05, 0) is 57.1 Å². The number of hydrogen-bond donors (Lipinski definition) is 0. The number of methoxy groups -OCH3 is 2. The minimum Gasteiger partial charge on any atom is -0.497 e. The molecule has 1 aliphatic carbocycles. The zero-order chi connectivity index (χ0) is 19.3. The molecule has 0 saturated heterocycles. The number of allylic oxidation sites excluding steroid dienone is 4. The van der Waals surface area contributed by atoms with Gasteiger partial charge in [-0.2, -0.15) is 0 Å². The lowest BCUT2D eigenvalue weighted by Crippen LogP contribution is -2.34. The molecule has 0 fully saturated rings. The Morgan fingerprint density at radius 3 is 2.77 bits per heavy atom. The zero-order valence-corrected chi connectivity index (χ0v) is 16.8. The number of aliphatic imine (C=N–C) groups is 1. The predicted molar refractivity (Wildman–Crippen MR) is 108 cm³/mol. The Kier molecular flexibility index (Phi) is 6.70. The maximum Gasteiger partial charge on any atom is 0.213 e. The first-order valence-corrected chi connectivity index (χ1v) is 8.99. The maximum atomic E-state index is 5.45. The van der Waals surface area contributed by atoms with E-state index in [0.717, 1.165) is 41.2 Å². The van der Waals surface area contributed by atoms with Crippen molar-refractivity contribution in [3.8, 4) is 0 Å². The van der Waals surface area contributed by atoms with Crippen LogP contribution in [0.15, 0.2) is 69.8 Å². The zero-order valence-electron chi connectivity index (χ0n) is 16.8. The van der Waals surface area contributed by atoms with E-state index in [2.05, 4.69) is 50.0 Å². The molecule has 0 aromatic heterocycles. The van der Waals surface area contributed by atoms with Gasteiger partial charge in [-0.15, -0.1) is 5.73 Å². The van der Waals surface area contributed by atoms with Gasteiger partial charge in [-0.3, -0.25) is 0 Å². The fourth-order valence-electron chi connectivity index (χ4n) is 3.22. The molecule has 4 nitrogen and oxygen atoms in total. The SMILES string of the molecule is C=C(CC(C)N(C)C1=C(C)C(OC)=NC(C)C1)C1=C=CC=C(OC)C=C1. The van der Waals surface area contributed by atoms with E-state index in [9.17, 15) is 0 Å². The Morgan fingerprint density at radius 2 is 2.12 bits per heavy atom. The molecule has 0 radical (unpaired) electrons. The first-order valence-electron chi connectivity index (χ1n) is 8.99. The summed E-state index contributed by atoms with van der Waals surface area (Å²) in [5.74, 6) is 1.56. The Hall–Kier alpha value is -2.45. The van der Waals surface area contributed by atoms with Gasteiger partial charge in [0, 0.05) is 36.4 Å². The lowest BCUT2D eigenvalue weighted by atomic mass is 9.97. The second-order valence-electron chi connectivity index (χ2n) is 6.86. The third-order valence-corrected chi connectivity index (χ3v) is 4.92. The van der Waals surface area contributed by atoms with E-state index in [4.69, 9.17) is 9.47 Å². The van der Waals surface area contributed by atoms with E-state index in [1.807, 2.05) is 24.3 Å². The first kappa shape index (κ1) is 19.9. The molecule has 0 aromatic carbocycles. The molecule has 0 amide bonds. The van der Waals surface area contributed by atoms with Crippen LogP contribution in [0.3, 0.4) is 0 Å². The summed E-state index contributed by atoms with van der Waals surface area (Å²) < 4.78 is 10.7. The van der Waals surface area contributed by atoms with Gasteiger partial charge in [0.1, 0.15) is 5.76 Å². The normalized spacial score (nSPS) is 20.7. The van der Waals surface area contributed by atoms with Crippen molar-refractivity contribution in [2.75, 3.05) is 21.3 Å². The molecule has 4 heteroatoms. The van der Waals surface area contributed by atoms with Crippen molar-refractivity contribution < 1.29 is 9.47 Å². The van der Waals surface area contributed by atoms with Crippen molar-refractivity contribution in [3.63, 3.8) is 0 Å². The van der Waals surface area contributed by atoms with Crippen LogP contribution in [-0.2, 0) is 9.47 Å². The lowest BCUT2D eigenvalue weighted by Gasteiger charge is -2.34. The molecule has 0 aromatic rings. The van der Waals surface area contributed by atoms with Crippen molar-refractivity contribution in [3.05, 3.63) is 64.8 Å². The highest BCUT2D eigenvalue weighted by Gasteiger charge is 2.24. The monoisotopic (exact) mass is 354 g/mol. The summed E-state index contributed by atoms with van der Waals surface area (Å²) in [5.41, 5.74) is 7.76. The molecule has 2 unspecified atom stereocenters. The Labute approximate surface area is 157 Å². The largest absolute Gasteiger partial charge is 0.497 e. The van der Waals surface area contributed by atoms with E-state index >= 15 is 0 Å². The summed E-state index contributed by atoms with van der Waals surface area (Å²) in [6.45, 7) is 10.7. The van der Waals surface area contributed by atoms with Gasteiger partial charge in [0.2, 0.25) is 5.90 Å². The molecule has 140 valence electrons. The number of rotatable bonds is 6. The third kappa shape index (κ3) is 4.59. The molecule has 2 atom stereocenters. The minimum absolute atomic E-state index is 0.232. The molecule has 0 spiro atoms. The van der Waals surface area contributed by atoms with Gasteiger partial charge in [-0.25, -0.2) is 4.99 Å². The molecule has 1 heterocycles. The third-order valence-electron chi connectivity index (χ3n) is 4.92. The van der Waals surface area contributed by atoms with E-state index < -0.39 is 0 Å². The fraction of sp³-hybridized carbons (Fsp3) is 0.455. The second-order valence-corrected chi connectivity index (χ2v) is 6.86. The summed E-state index contributed by atoms with van der Waals surface area (Å²) in [4.78, 5) is 6.91. The highest BCUT2D eigenvalue weighted by molar-refractivity contribution is 5.94. The van der Waals surface area contributed by atoms with E-state index in [0.29, 0.717) is 6.04 Å². The Balaban J connectivity index is 2.10. The van der Waals surface area contributed by atoms with Crippen LogP contribution in [0, 0.1) is 0 Å². The summed E-state index contributed by atoms with van der Waals surface area (Å²) in [5, 5.41) is 0. The first-order chi connectivity index (χ1) is 12.4. The predicted octanol–water partition coefficient (Wildman–Crippen LogP) is 4.55. The van der Waals surface area contributed by atoms with E-state index in [-0.39, 0.29) is 6.04 Å². The number of nitrogens with zero attached hydrogens (tertiary/aromatic N) is 2. The number of ether oxygens (including phenoxy) is 2. The molecule has 0 bridgehead atoms. The molecule has 1 aliphatic heterocycles. The quantitative estimate of drug-likeness (QED) is 0.657. The van der Waals surface area contributed by atoms with Crippen LogP contribution in [0.1, 0.15) is 33.6 Å². The summed E-state index contributed by atoms with van der Waals surface area (Å²) in [6.07, 6.45) is 9.51. The second kappa shape index (κ2) is 8.77. The summed E-state index contributed by atoms with van der Waals surface area (Å²) in [7, 11) is 5.49. The van der Waals surface area contributed by atoms with Crippen LogP contribution in [0.2, 0.25) is 0 Å². The molecule has 0 N–H and O–H groups in total. The fourth-order valence-corrected chi connectivity index (χ4v) is 3.22. The minimum atomic E-state index is 0.232. The van der Waals surface area contributed by atoms with Gasteiger partial charge >= 0.3 is 0 Å². The number of dihydropyridines is 1.